The fraction of sp³-hybridized carbons (Fsp3) is 0.455. The standard InChI is InChI=1S/C22H30N4O2/c1-5-25-13-23(3)11-17-7-15(9-19(27)21(17)25)16-8-18-12-24(4)14-26(6-2)22(18)20(28)10-16/h7-10,27-28H,5-6,11-14H2,1-4H3. The van der Waals surface area contributed by atoms with Crippen LogP contribution in [-0.2, 0) is 13.1 Å². The van der Waals surface area contributed by atoms with Gasteiger partial charge in [0.05, 0.1) is 24.7 Å². The van der Waals surface area contributed by atoms with Gasteiger partial charge in [0.2, 0.25) is 0 Å². The van der Waals surface area contributed by atoms with Gasteiger partial charge in [-0.15, -0.1) is 0 Å². The van der Waals surface area contributed by atoms with E-state index in [1.165, 1.54) is 0 Å². The number of nitrogens with zero attached hydrogens (tertiary/aromatic N) is 4. The average molecular weight is 383 g/mol. The van der Waals surface area contributed by atoms with Crippen molar-refractivity contribution in [2.75, 3.05) is 50.3 Å². The van der Waals surface area contributed by atoms with Gasteiger partial charge in [0, 0.05) is 26.2 Å². The van der Waals surface area contributed by atoms with Crippen molar-refractivity contribution < 1.29 is 10.2 Å². The Kier molecular flexibility index (Phi) is 4.85. The molecule has 6 heteroatoms. The maximum atomic E-state index is 10.8. The Labute approximate surface area is 167 Å². The van der Waals surface area contributed by atoms with Crippen molar-refractivity contribution >= 4 is 11.4 Å². The van der Waals surface area contributed by atoms with Crippen LogP contribution in [0, 0.1) is 0 Å². The summed E-state index contributed by atoms with van der Waals surface area (Å²) in [7, 11) is 4.18. The van der Waals surface area contributed by atoms with Crippen LogP contribution in [0.1, 0.15) is 25.0 Å². The van der Waals surface area contributed by atoms with Crippen molar-refractivity contribution in [2.24, 2.45) is 0 Å². The summed E-state index contributed by atoms with van der Waals surface area (Å²) in [5, 5.41) is 21.6. The molecule has 0 spiro atoms. The minimum Gasteiger partial charge on any atom is -0.506 e. The largest absolute Gasteiger partial charge is 0.506 e. The van der Waals surface area contributed by atoms with Gasteiger partial charge >= 0.3 is 0 Å². The van der Waals surface area contributed by atoms with E-state index in [0.29, 0.717) is 11.5 Å². The molecule has 2 N–H and O–H groups in total. The van der Waals surface area contributed by atoms with E-state index in [2.05, 4.69) is 59.7 Å². The molecule has 4 rings (SSSR count). The Hall–Kier alpha value is -2.44. The second kappa shape index (κ2) is 7.18. The van der Waals surface area contributed by atoms with Crippen molar-refractivity contribution in [3.8, 4) is 22.6 Å². The monoisotopic (exact) mass is 382 g/mol. The second-order valence-corrected chi connectivity index (χ2v) is 8.03. The number of aromatic hydroxyl groups is 2. The van der Waals surface area contributed by atoms with E-state index in [0.717, 1.165) is 73.1 Å². The highest BCUT2D eigenvalue weighted by Crippen LogP contribution is 2.43. The Bertz CT molecular complexity index is 825. The molecule has 28 heavy (non-hydrogen) atoms. The normalized spacial score (nSPS) is 17.6. The van der Waals surface area contributed by atoms with Gasteiger partial charge in [-0.25, -0.2) is 0 Å². The maximum absolute atomic E-state index is 10.8. The highest BCUT2D eigenvalue weighted by molar-refractivity contribution is 5.79. The fourth-order valence-corrected chi connectivity index (χ4v) is 4.58. The van der Waals surface area contributed by atoms with Crippen molar-refractivity contribution in [2.45, 2.75) is 26.9 Å². The van der Waals surface area contributed by atoms with Gasteiger partial charge in [-0.3, -0.25) is 9.80 Å². The van der Waals surface area contributed by atoms with Gasteiger partial charge in [-0.1, -0.05) is 0 Å². The number of fused-ring (bicyclic) bond motifs is 2. The Balaban J connectivity index is 1.80. The van der Waals surface area contributed by atoms with E-state index < -0.39 is 0 Å². The average Bonchev–Trinajstić information content (AvgIpc) is 2.65. The summed E-state index contributed by atoms with van der Waals surface area (Å²) < 4.78 is 0. The van der Waals surface area contributed by atoms with Crippen LogP contribution in [0.5, 0.6) is 11.5 Å². The summed E-state index contributed by atoms with van der Waals surface area (Å²) >= 11 is 0. The number of phenolic OH excluding ortho intramolecular Hbond substituents is 2. The molecular formula is C22H30N4O2. The molecule has 2 heterocycles. The van der Waals surface area contributed by atoms with Gasteiger partial charge in [-0.2, -0.15) is 0 Å². The summed E-state index contributed by atoms with van der Waals surface area (Å²) in [6.07, 6.45) is 0. The molecule has 2 aromatic carbocycles. The fourth-order valence-electron chi connectivity index (χ4n) is 4.58. The third-order valence-electron chi connectivity index (χ3n) is 5.77. The summed E-state index contributed by atoms with van der Waals surface area (Å²) in [6, 6.07) is 7.97. The van der Waals surface area contributed by atoms with E-state index in [-0.39, 0.29) is 0 Å². The predicted molar refractivity (Wildman–Crippen MR) is 114 cm³/mol. The van der Waals surface area contributed by atoms with Crippen molar-refractivity contribution in [1.29, 1.82) is 0 Å². The molecule has 0 unspecified atom stereocenters. The molecule has 0 aliphatic carbocycles. The molecule has 2 aromatic rings. The van der Waals surface area contributed by atoms with Crippen LogP contribution >= 0.6 is 0 Å². The van der Waals surface area contributed by atoms with Crippen LogP contribution in [0.2, 0.25) is 0 Å². The SMILES string of the molecule is CCN1CN(C)Cc2cc(-c3cc(O)c4c(c3)CN(C)CN4CC)cc(O)c21. The summed E-state index contributed by atoms with van der Waals surface area (Å²) in [4.78, 5) is 8.87. The number of hydrogen-bond acceptors (Lipinski definition) is 6. The lowest BCUT2D eigenvalue weighted by Gasteiger charge is -2.37. The van der Waals surface area contributed by atoms with Gasteiger partial charge in [0.25, 0.3) is 0 Å². The topological polar surface area (TPSA) is 53.4 Å². The van der Waals surface area contributed by atoms with Gasteiger partial charge in [-0.05, 0) is 74.5 Å². The molecule has 0 radical (unpaired) electrons. The molecule has 2 aliphatic heterocycles. The van der Waals surface area contributed by atoms with E-state index in [4.69, 9.17) is 0 Å². The molecule has 0 saturated heterocycles. The lowest BCUT2D eigenvalue weighted by molar-refractivity contribution is 0.307. The van der Waals surface area contributed by atoms with E-state index >= 15 is 0 Å². The van der Waals surface area contributed by atoms with Crippen molar-refractivity contribution in [1.82, 2.24) is 9.80 Å². The summed E-state index contributed by atoms with van der Waals surface area (Å²) in [6.45, 7) is 9.14. The van der Waals surface area contributed by atoms with Crippen LogP contribution < -0.4 is 9.80 Å². The van der Waals surface area contributed by atoms with E-state index in [1.807, 2.05) is 12.1 Å². The van der Waals surface area contributed by atoms with Crippen LogP contribution in [0.3, 0.4) is 0 Å². The van der Waals surface area contributed by atoms with Crippen molar-refractivity contribution in [3.63, 3.8) is 0 Å². The molecule has 0 saturated carbocycles. The molecule has 2 aliphatic rings. The van der Waals surface area contributed by atoms with Gasteiger partial charge < -0.3 is 20.0 Å². The highest BCUT2D eigenvalue weighted by Gasteiger charge is 2.26. The van der Waals surface area contributed by atoms with Gasteiger partial charge in [0.15, 0.2) is 0 Å². The number of benzene rings is 2. The molecule has 6 nitrogen and oxygen atoms in total. The lowest BCUT2D eigenvalue weighted by atomic mass is 9.95. The first-order valence-electron chi connectivity index (χ1n) is 10.00. The quantitative estimate of drug-likeness (QED) is 0.850. The van der Waals surface area contributed by atoms with E-state index in [1.54, 1.807) is 0 Å². The Morgan fingerprint density at radius 2 is 1.11 bits per heavy atom. The highest BCUT2D eigenvalue weighted by atomic mass is 16.3. The number of hydrogen-bond donors (Lipinski definition) is 2. The van der Waals surface area contributed by atoms with Crippen molar-refractivity contribution in [3.05, 3.63) is 35.4 Å². The zero-order valence-electron chi connectivity index (χ0n) is 17.2. The van der Waals surface area contributed by atoms with Crippen LogP contribution in [0.15, 0.2) is 24.3 Å². The van der Waals surface area contributed by atoms with Crippen LogP contribution in [0.25, 0.3) is 11.1 Å². The number of anilines is 2. The minimum atomic E-state index is 0.312. The lowest BCUT2D eigenvalue weighted by Crippen LogP contribution is -2.40. The van der Waals surface area contributed by atoms with Crippen LogP contribution in [-0.4, -0.2) is 60.5 Å². The zero-order valence-corrected chi connectivity index (χ0v) is 17.2. The molecule has 0 atom stereocenters. The smallest absolute Gasteiger partial charge is 0.139 e. The molecule has 0 bridgehead atoms. The Morgan fingerprint density at radius 1 is 0.714 bits per heavy atom. The van der Waals surface area contributed by atoms with Gasteiger partial charge in [0.1, 0.15) is 11.5 Å². The molecular weight excluding hydrogens is 352 g/mol. The molecule has 0 fully saturated rings. The van der Waals surface area contributed by atoms with E-state index in [9.17, 15) is 10.2 Å². The van der Waals surface area contributed by atoms with Crippen LogP contribution in [0.4, 0.5) is 11.4 Å². The first-order valence-corrected chi connectivity index (χ1v) is 10.00. The summed E-state index contributed by atoms with van der Waals surface area (Å²) in [5.41, 5.74) is 5.99. The third kappa shape index (κ3) is 3.16. The predicted octanol–water partition coefficient (Wildman–Crippen LogP) is 3.22. The third-order valence-corrected chi connectivity index (χ3v) is 5.77. The first-order chi connectivity index (χ1) is 13.4. The Morgan fingerprint density at radius 3 is 1.46 bits per heavy atom. The molecule has 0 amide bonds. The summed E-state index contributed by atoms with van der Waals surface area (Å²) in [5.74, 6) is 0.624. The first kappa shape index (κ1) is 18.9. The molecule has 150 valence electrons. The molecule has 0 aromatic heterocycles. The zero-order chi connectivity index (χ0) is 20.0. The maximum Gasteiger partial charge on any atom is 0.139 e. The number of phenols is 2. The second-order valence-electron chi connectivity index (χ2n) is 8.03. The number of rotatable bonds is 3. The minimum absolute atomic E-state index is 0.312.